The van der Waals surface area contributed by atoms with Crippen LogP contribution in [0.15, 0.2) is 24.0 Å². The number of allylic oxidation sites excluding steroid dienone is 1. The van der Waals surface area contributed by atoms with Crippen molar-refractivity contribution in [3.05, 3.63) is 24.0 Å². The molecule has 2 heteroatoms. The van der Waals surface area contributed by atoms with Gasteiger partial charge in [0.2, 0.25) is 0 Å². The molecular formula is C9H17NS. The number of rotatable bonds is 5. The van der Waals surface area contributed by atoms with E-state index in [1.807, 2.05) is 6.20 Å². The van der Waals surface area contributed by atoms with Gasteiger partial charge in [-0.3, -0.25) is 0 Å². The van der Waals surface area contributed by atoms with Crippen molar-refractivity contribution in [3.8, 4) is 0 Å². The van der Waals surface area contributed by atoms with E-state index in [-0.39, 0.29) is 0 Å². The Balaban J connectivity index is 3.60. The van der Waals surface area contributed by atoms with E-state index in [1.54, 1.807) is 11.8 Å². The summed E-state index contributed by atoms with van der Waals surface area (Å²) in [5.74, 6) is 0.980. The average Bonchev–Trinajstić information content (AvgIpc) is 2.01. The third-order valence-electron chi connectivity index (χ3n) is 1.40. The zero-order valence-electron chi connectivity index (χ0n) is 7.61. The minimum atomic E-state index is 0.980. The van der Waals surface area contributed by atoms with Crippen molar-refractivity contribution in [2.24, 2.45) is 0 Å². The molecule has 0 aliphatic heterocycles. The Hall–Kier alpha value is -0.370. The molecule has 0 aromatic rings. The Labute approximate surface area is 74.0 Å². The van der Waals surface area contributed by atoms with Crippen molar-refractivity contribution < 1.29 is 0 Å². The monoisotopic (exact) mass is 171 g/mol. The molecule has 0 rings (SSSR count). The van der Waals surface area contributed by atoms with Crippen LogP contribution >= 0.6 is 11.8 Å². The topological polar surface area (TPSA) is 12.0 Å². The SMILES string of the molecule is C=C(CSC)N/C=C(\C)CC. The standard InChI is InChI=1S/C9H17NS/c1-5-8(2)6-10-9(3)7-11-4/h6,10H,3,5,7H2,1-2,4H3/b8-6+. The van der Waals surface area contributed by atoms with Gasteiger partial charge in [0, 0.05) is 11.4 Å². The third-order valence-corrected chi connectivity index (χ3v) is 2.04. The van der Waals surface area contributed by atoms with Gasteiger partial charge in [0.25, 0.3) is 0 Å². The average molecular weight is 171 g/mol. The summed E-state index contributed by atoms with van der Waals surface area (Å²) in [6, 6.07) is 0. The molecule has 64 valence electrons. The van der Waals surface area contributed by atoms with Crippen molar-refractivity contribution >= 4 is 11.8 Å². The van der Waals surface area contributed by atoms with Gasteiger partial charge in [-0.1, -0.05) is 19.1 Å². The van der Waals surface area contributed by atoms with Crippen LogP contribution in [-0.4, -0.2) is 12.0 Å². The first-order valence-corrected chi connectivity index (χ1v) is 5.19. The molecule has 0 atom stereocenters. The minimum Gasteiger partial charge on any atom is -0.365 e. The highest BCUT2D eigenvalue weighted by atomic mass is 32.2. The lowest BCUT2D eigenvalue weighted by Gasteiger charge is -2.03. The normalized spacial score (nSPS) is 11.4. The van der Waals surface area contributed by atoms with Crippen LogP contribution in [0.5, 0.6) is 0 Å². The first-order chi connectivity index (χ1) is 5.20. The van der Waals surface area contributed by atoms with Crippen LogP contribution in [0.2, 0.25) is 0 Å². The van der Waals surface area contributed by atoms with Gasteiger partial charge in [-0.05, 0) is 25.8 Å². The summed E-state index contributed by atoms with van der Waals surface area (Å²) >= 11 is 1.78. The Kier molecular flexibility index (Phi) is 6.13. The summed E-state index contributed by atoms with van der Waals surface area (Å²) in [7, 11) is 0. The van der Waals surface area contributed by atoms with Crippen LogP contribution in [0, 0.1) is 0 Å². The fourth-order valence-electron chi connectivity index (χ4n) is 0.543. The predicted molar refractivity (Wildman–Crippen MR) is 54.7 cm³/mol. The highest BCUT2D eigenvalue weighted by molar-refractivity contribution is 7.98. The number of hydrogen-bond acceptors (Lipinski definition) is 2. The maximum Gasteiger partial charge on any atom is 0.0327 e. The Morgan fingerprint density at radius 1 is 1.64 bits per heavy atom. The van der Waals surface area contributed by atoms with Crippen LogP contribution in [0.1, 0.15) is 20.3 Å². The van der Waals surface area contributed by atoms with Crippen LogP contribution in [0.25, 0.3) is 0 Å². The molecule has 0 fully saturated rings. The molecule has 1 N–H and O–H groups in total. The van der Waals surface area contributed by atoms with E-state index >= 15 is 0 Å². The van der Waals surface area contributed by atoms with Gasteiger partial charge in [-0.25, -0.2) is 0 Å². The van der Waals surface area contributed by atoms with Gasteiger partial charge in [-0.15, -0.1) is 0 Å². The molecule has 0 radical (unpaired) electrons. The molecule has 0 unspecified atom stereocenters. The summed E-state index contributed by atoms with van der Waals surface area (Å²) in [4.78, 5) is 0. The fraction of sp³-hybridized carbons (Fsp3) is 0.556. The molecule has 0 spiro atoms. The van der Waals surface area contributed by atoms with E-state index in [0.29, 0.717) is 0 Å². The molecule has 11 heavy (non-hydrogen) atoms. The minimum absolute atomic E-state index is 0.980. The predicted octanol–water partition coefficient (Wildman–Crippen LogP) is 2.77. The fourth-order valence-corrected chi connectivity index (χ4v) is 0.975. The second-order valence-electron chi connectivity index (χ2n) is 2.53. The third kappa shape index (κ3) is 6.05. The summed E-state index contributed by atoms with van der Waals surface area (Å²) in [5.41, 5.74) is 2.43. The van der Waals surface area contributed by atoms with Crippen LogP contribution in [-0.2, 0) is 0 Å². The van der Waals surface area contributed by atoms with E-state index in [4.69, 9.17) is 0 Å². The quantitative estimate of drug-likeness (QED) is 0.682. The zero-order chi connectivity index (χ0) is 8.69. The Morgan fingerprint density at radius 3 is 2.73 bits per heavy atom. The smallest absolute Gasteiger partial charge is 0.0327 e. The van der Waals surface area contributed by atoms with Gasteiger partial charge >= 0.3 is 0 Å². The molecule has 0 amide bonds. The highest BCUT2D eigenvalue weighted by Gasteiger charge is 1.88. The number of hydrogen-bond donors (Lipinski definition) is 1. The van der Waals surface area contributed by atoms with E-state index < -0.39 is 0 Å². The summed E-state index contributed by atoms with van der Waals surface area (Å²) in [6.45, 7) is 8.13. The first kappa shape index (κ1) is 10.6. The number of nitrogens with one attached hydrogen (secondary N) is 1. The number of thioether (sulfide) groups is 1. The van der Waals surface area contributed by atoms with Crippen molar-refractivity contribution in [2.75, 3.05) is 12.0 Å². The van der Waals surface area contributed by atoms with Crippen LogP contribution < -0.4 is 5.32 Å². The van der Waals surface area contributed by atoms with E-state index in [1.165, 1.54) is 5.57 Å². The molecule has 1 nitrogen and oxygen atoms in total. The molecule has 0 bridgehead atoms. The molecule has 0 aromatic carbocycles. The molecule has 0 saturated heterocycles. The van der Waals surface area contributed by atoms with E-state index in [0.717, 1.165) is 17.9 Å². The van der Waals surface area contributed by atoms with Gasteiger partial charge < -0.3 is 5.32 Å². The van der Waals surface area contributed by atoms with Gasteiger partial charge in [0.05, 0.1) is 0 Å². The molecular weight excluding hydrogens is 154 g/mol. The molecule has 0 heterocycles. The summed E-state index contributed by atoms with van der Waals surface area (Å²) in [5, 5.41) is 3.16. The molecule has 0 saturated carbocycles. The zero-order valence-corrected chi connectivity index (χ0v) is 8.42. The molecule has 0 aromatic heterocycles. The van der Waals surface area contributed by atoms with Crippen molar-refractivity contribution in [3.63, 3.8) is 0 Å². The second-order valence-corrected chi connectivity index (χ2v) is 3.39. The first-order valence-electron chi connectivity index (χ1n) is 3.79. The lowest BCUT2D eigenvalue weighted by molar-refractivity contribution is 1.00. The van der Waals surface area contributed by atoms with E-state index in [9.17, 15) is 0 Å². The lowest BCUT2D eigenvalue weighted by Crippen LogP contribution is -2.06. The van der Waals surface area contributed by atoms with Crippen molar-refractivity contribution in [1.29, 1.82) is 0 Å². The van der Waals surface area contributed by atoms with Gasteiger partial charge in [-0.2, -0.15) is 11.8 Å². The summed E-state index contributed by atoms with van der Waals surface area (Å²) in [6.07, 6.45) is 5.20. The highest BCUT2D eigenvalue weighted by Crippen LogP contribution is 2.00. The van der Waals surface area contributed by atoms with Gasteiger partial charge in [0.1, 0.15) is 0 Å². The van der Waals surface area contributed by atoms with Crippen molar-refractivity contribution in [2.45, 2.75) is 20.3 Å². The maximum atomic E-state index is 3.87. The molecule has 0 aliphatic carbocycles. The Bertz CT molecular complexity index is 150. The molecule has 0 aliphatic rings. The Morgan fingerprint density at radius 2 is 2.27 bits per heavy atom. The van der Waals surface area contributed by atoms with E-state index in [2.05, 4.69) is 32.0 Å². The van der Waals surface area contributed by atoms with Crippen LogP contribution in [0.3, 0.4) is 0 Å². The van der Waals surface area contributed by atoms with Crippen LogP contribution in [0.4, 0.5) is 0 Å². The largest absolute Gasteiger partial charge is 0.365 e. The maximum absolute atomic E-state index is 3.87. The van der Waals surface area contributed by atoms with Crippen molar-refractivity contribution in [1.82, 2.24) is 5.32 Å². The second kappa shape index (κ2) is 6.35. The summed E-state index contributed by atoms with van der Waals surface area (Å²) < 4.78 is 0. The lowest BCUT2D eigenvalue weighted by atomic mass is 10.2. The van der Waals surface area contributed by atoms with Gasteiger partial charge in [0.15, 0.2) is 0 Å².